The van der Waals surface area contributed by atoms with Crippen LogP contribution in [0.4, 0.5) is 10.5 Å². The first kappa shape index (κ1) is 16.8. The molecule has 2 aliphatic heterocycles. The van der Waals surface area contributed by atoms with Crippen LogP contribution in [0.2, 0.25) is 0 Å². The number of amides is 4. The van der Waals surface area contributed by atoms with Crippen LogP contribution in [-0.4, -0.2) is 31.1 Å². The number of aryl methyl sites for hydroxylation is 1. The molecular formula is C20H16N2O5. The number of rotatable bonds is 2. The number of carbonyl (C=O) groups is 3. The van der Waals surface area contributed by atoms with Crippen molar-refractivity contribution in [2.45, 2.75) is 6.92 Å². The van der Waals surface area contributed by atoms with Gasteiger partial charge in [-0.25, -0.2) is 9.69 Å². The second-order valence-corrected chi connectivity index (χ2v) is 6.15. The Balaban J connectivity index is 1.72. The highest BCUT2D eigenvalue weighted by atomic mass is 16.6. The molecule has 2 aliphatic rings. The molecular weight excluding hydrogens is 348 g/mol. The number of nitrogens with zero attached hydrogens (tertiary/aromatic N) is 1. The lowest BCUT2D eigenvalue weighted by molar-refractivity contribution is -0.122. The Morgan fingerprint density at radius 3 is 2.52 bits per heavy atom. The number of para-hydroxylation sites is 1. The molecule has 2 heterocycles. The number of nitrogens with one attached hydrogen (secondary N) is 1. The summed E-state index contributed by atoms with van der Waals surface area (Å²) in [5.41, 5.74) is 1.64. The molecule has 27 heavy (non-hydrogen) atoms. The molecule has 1 N–H and O–H groups in total. The van der Waals surface area contributed by atoms with Gasteiger partial charge in [0, 0.05) is 0 Å². The van der Waals surface area contributed by atoms with Gasteiger partial charge in [0.25, 0.3) is 11.8 Å². The maximum Gasteiger partial charge on any atom is 0.335 e. The van der Waals surface area contributed by atoms with Gasteiger partial charge in [-0.15, -0.1) is 0 Å². The fourth-order valence-electron chi connectivity index (χ4n) is 3.01. The lowest BCUT2D eigenvalue weighted by atomic mass is 10.1. The number of urea groups is 1. The topological polar surface area (TPSA) is 84.9 Å². The third-order valence-corrected chi connectivity index (χ3v) is 4.34. The van der Waals surface area contributed by atoms with Gasteiger partial charge in [-0.2, -0.15) is 0 Å². The summed E-state index contributed by atoms with van der Waals surface area (Å²) in [7, 11) is 0. The number of fused-ring (bicyclic) bond motifs is 1. The van der Waals surface area contributed by atoms with Crippen LogP contribution in [0, 0.1) is 6.92 Å². The highest BCUT2D eigenvalue weighted by molar-refractivity contribution is 6.39. The molecule has 4 rings (SSSR count). The van der Waals surface area contributed by atoms with E-state index < -0.39 is 17.8 Å². The van der Waals surface area contributed by atoms with Gasteiger partial charge in [-0.1, -0.05) is 24.3 Å². The second-order valence-electron chi connectivity index (χ2n) is 6.15. The van der Waals surface area contributed by atoms with Gasteiger partial charge in [0.15, 0.2) is 11.5 Å². The van der Waals surface area contributed by atoms with Crippen molar-refractivity contribution in [1.29, 1.82) is 0 Å². The number of imide groups is 2. The largest absolute Gasteiger partial charge is 0.486 e. The van der Waals surface area contributed by atoms with E-state index in [0.29, 0.717) is 36.0 Å². The van der Waals surface area contributed by atoms with Gasteiger partial charge in [0.2, 0.25) is 0 Å². The average molecular weight is 364 g/mol. The predicted octanol–water partition coefficient (Wildman–Crippen LogP) is 2.43. The van der Waals surface area contributed by atoms with Gasteiger partial charge in [-0.05, 0) is 42.3 Å². The summed E-state index contributed by atoms with van der Waals surface area (Å²) in [6.07, 6.45) is 1.44. The van der Waals surface area contributed by atoms with Crippen molar-refractivity contribution in [1.82, 2.24) is 5.32 Å². The second kappa shape index (κ2) is 6.60. The first-order chi connectivity index (χ1) is 13.0. The highest BCUT2D eigenvalue weighted by Crippen LogP contribution is 2.32. The van der Waals surface area contributed by atoms with Crippen molar-refractivity contribution >= 4 is 29.6 Å². The van der Waals surface area contributed by atoms with Gasteiger partial charge in [0.1, 0.15) is 18.8 Å². The van der Waals surface area contributed by atoms with Crippen LogP contribution in [-0.2, 0) is 9.59 Å². The van der Waals surface area contributed by atoms with E-state index in [4.69, 9.17) is 9.47 Å². The lowest BCUT2D eigenvalue weighted by Gasteiger charge is -2.27. The minimum Gasteiger partial charge on any atom is -0.486 e. The van der Waals surface area contributed by atoms with Crippen LogP contribution >= 0.6 is 0 Å². The molecule has 4 amide bonds. The van der Waals surface area contributed by atoms with Crippen LogP contribution in [0.5, 0.6) is 11.5 Å². The smallest absolute Gasteiger partial charge is 0.335 e. The normalized spacial score (nSPS) is 17.9. The Morgan fingerprint density at radius 2 is 1.74 bits per heavy atom. The molecule has 136 valence electrons. The van der Waals surface area contributed by atoms with E-state index in [1.165, 1.54) is 6.08 Å². The van der Waals surface area contributed by atoms with E-state index in [1.54, 1.807) is 43.3 Å². The zero-order valence-corrected chi connectivity index (χ0v) is 14.5. The van der Waals surface area contributed by atoms with Crippen molar-refractivity contribution in [2.24, 2.45) is 0 Å². The van der Waals surface area contributed by atoms with E-state index in [1.807, 2.05) is 6.07 Å². The van der Waals surface area contributed by atoms with Crippen molar-refractivity contribution in [3.63, 3.8) is 0 Å². The van der Waals surface area contributed by atoms with E-state index in [-0.39, 0.29) is 5.57 Å². The van der Waals surface area contributed by atoms with Gasteiger partial charge < -0.3 is 9.47 Å². The average Bonchev–Trinajstić information content (AvgIpc) is 2.66. The molecule has 0 aromatic heterocycles. The zero-order chi connectivity index (χ0) is 19.0. The molecule has 1 saturated heterocycles. The zero-order valence-electron chi connectivity index (χ0n) is 14.5. The minimum atomic E-state index is -0.765. The number of barbiturate groups is 1. The summed E-state index contributed by atoms with van der Waals surface area (Å²) >= 11 is 0. The number of benzene rings is 2. The number of hydrogen-bond acceptors (Lipinski definition) is 5. The molecule has 7 nitrogen and oxygen atoms in total. The summed E-state index contributed by atoms with van der Waals surface area (Å²) in [5, 5.41) is 2.22. The van der Waals surface area contributed by atoms with Crippen molar-refractivity contribution < 1.29 is 23.9 Å². The molecule has 0 radical (unpaired) electrons. The third-order valence-electron chi connectivity index (χ3n) is 4.34. The van der Waals surface area contributed by atoms with Gasteiger partial charge in [-0.3, -0.25) is 14.9 Å². The number of hydrogen-bond donors (Lipinski definition) is 1. The summed E-state index contributed by atoms with van der Waals surface area (Å²) in [4.78, 5) is 38.4. The Labute approximate surface area is 155 Å². The Morgan fingerprint density at radius 1 is 1.00 bits per heavy atom. The molecule has 0 saturated carbocycles. The molecule has 0 bridgehead atoms. The fourth-order valence-corrected chi connectivity index (χ4v) is 3.01. The van der Waals surface area contributed by atoms with Gasteiger partial charge in [0.05, 0.1) is 5.69 Å². The standard InChI is InChI=1S/C20H16N2O5/c1-12-4-2-3-5-15(12)22-19(24)14(18(23)21-20(22)25)10-13-6-7-16-17(11-13)27-9-8-26-16/h2-7,10-11H,8-9H2,1H3,(H,21,23,25)/b14-10-. The highest BCUT2D eigenvalue weighted by Gasteiger charge is 2.37. The van der Waals surface area contributed by atoms with Crippen molar-refractivity contribution in [3.8, 4) is 11.5 Å². The van der Waals surface area contributed by atoms with Crippen LogP contribution in [0.15, 0.2) is 48.0 Å². The molecule has 1 fully saturated rings. The van der Waals surface area contributed by atoms with Gasteiger partial charge >= 0.3 is 6.03 Å². The first-order valence-corrected chi connectivity index (χ1v) is 8.41. The molecule has 7 heteroatoms. The van der Waals surface area contributed by atoms with Crippen LogP contribution < -0.4 is 19.7 Å². The quantitative estimate of drug-likeness (QED) is 0.653. The summed E-state index contributed by atoms with van der Waals surface area (Å²) in [5.74, 6) is -0.247. The van der Waals surface area contributed by atoms with Crippen LogP contribution in [0.3, 0.4) is 0 Å². The van der Waals surface area contributed by atoms with E-state index in [9.17, 15) is 14.4 Å². The van der Waals surface area contributed by atoms with Crippen molar-refractivity contribution in [3.05, 3.63) is 59.2 Å². The Hall–Kier alpha value is -3.61. The molecule has 0 atom stereocenters. The van der Waals surface area contributed by atoms with Crippen molar-refractivity contribution in [2.75, 3.05) is 18.1 Å². The van der Waals surface area contributed by atoms with Crippen LogP contribution in [0.1, 0.15) is 11.1 Å². The maximum atomic E-state index is 12.9. The minimum absolute atomic E-state index is 0.130. The van der Waals surface area contributed by atoms with E-state index >= 15 is 0 Å². The molecule has 0 unspecified atom stereocenters. The fraction of sp³-hybridized carbons (Fsp3) is 0.150. The number of ether oxygens (including phenoxy) is 2. The summed E-state index contributed by atoms with van der Waals surface area (Å²) < 4.78 is 11.0. The number of carbonyl (C=O) groups excluding carboxylic acids is 3. The van der Waals surface area contributed by atoms with E-state index in [2.05, 4.69) is 5.32 Å². The molecule has 2 aromatic rings. The Kier molecular flexibility index (Phi) is 4.12. The molecule has 0 aliphatic carbocycles. The Bertz CT molecular complexity index is 996. The SMILES string of the molecule is Cc1ccccc1N1C(=O)NC(=O)/C(=C/c2ccc3c(c2)OCCO3)C1=O. The number of anilines is 1. The lowest BCUT2D eigenvalue weighted by Crippen LogP contribution is -2.54. The predicted molar refractivity (Wildman–Crippen MR) is 97.6 cm³/mol. The molecule has 0 spiro atoms. The third kappa shape index (κ3) is 3.03. The summed E-state index contributed by atoms with van der Waals surface area (Å²) in [6, 6.07) is 11.3. The van der Waals surface area contributed by atoms with E-state index in [0.717, 1.165) is 10.5 Å². The monoisotopic (exact) mass is 364 g/mol. The van der Waals surface area contributed by atoms with Crippen LogP contribution in [0.25, 0.3) is 6.08 Å². The summed E-state index contributed by atoms with van der Waals surface area (Å²) in [6.45, 7) is 2.69. The maximum absolute atomic E-state index is 12.9. The molecule has 2 aromatic carbocycles. The first-order valence-electron chi connectivity index (χ1n) is 8.41.